The van der Waals surface area contributed by atoms with E-state index in [-0.39, 0.29) is 6.42 Å². The van der Waals surface area contributed by atoms with Gasteiger partial charge in [0.1, 0.15) is 12.2 Å². The molecule has 1 aromatic carbocycles. The van der Waals surface area contributed by atoms with Gasteiger partial charge in [-0.1, -0.05) is 12.1 Å². The summed E-state index contributed by atoms with van der Waals surface area (Å²) in [6, 6.07) is 5.14. The van der Waals surface area contributed by atoms with Gasteiger partial charge in [-0.05, 0) is 46.7 Å². The SMILES string of the molecule is C[C@](N)(Cc1ccc(CF)c(I)c1)C(=O)O. The lowest BCUT2D eigenvalue weighted by Gasteiger charge is -2.19. The topological polar surface area (TPSA) is 63.3 Å². The van der Waals surface area contributed by atoms with Crippen molar-refractivity contribution in [2.45, 2.75) is 25.6 Å². The number of halogens is 2. The number of nitrogens with two attached hydrogens (primary N) is 1. The fraction of sp³-hybridized carbons (Fsp3) is 0.364. The molecule has 16 heavy (non-hydrogen) atoms. The Morgan fingerprint density at radius 2 is 2.25 bits per heavy atom. The lowest BCUT2D eigenvalue weighted by Crippen LogP contribution is -2.46. The van der Waals surface area contributed by atoms with Crippen LogP contribution in [0.4, 0.5) is 4.39 Å². The summed E-state index contributed by atoms with van der Waals surface area (Å²) in [6.45, 7) is 0.947. The summed E-state index contributed by atoms with van der Waals surface area (Å²) in [7, 11) is 0. The van der Waals surface area contributed by atoms with Crippen molar-refractivity contribution in [3.63, 3.8) is 0 Å². The zero-order valence-electron chi connectivity index (χ0n) is 8.84. The lowest BCUT2D eigenvalue weighted by molar-refractivity contribution is -0.142. The maximum absolute atomic E-state index is 12.5. The minimum atomic E-state index is -1.29. The number of carboxylic acid groups (broad SMARTS) is 1. The van der Waals surface area contributed by atoms with Gasteiger partial charge in [0.25, 0.3) is 0 Å². The minimum absolute atomic E-state index is 0.227. The van der Waals surface area contributed by atoms with Gasteiger partial charge in [0.2, 0.25) is 0 Å². The number of carboxylic acids is 1. The van der Waals surface area contributed by atoms with Gasteiger partial charge in [-0.25, -0.2) is 4.39 Å². The number of rotatable bonds is 4. The molecule has 1 atom stereocenters. The highest BCUT2D eigenvalue weighted by Gasteiger charge is 2.28. The molecule has 5 heteroatoms. The second-order valence-corrected chi connectivity index (χ2v) is 5.12. The summed E-state index contributed by atoms with van der Waals surface area (Å²) in [6.07, 6.45) is 0.227. The molecule has 0 aromatic heterocycles. The molecule has 0 fully saturated rings. The first-order chi connectivity index (χ1) is 7.36. The van der Waals surface area contributed by atoms with E-state index >= 15 is 0 Å². The van der Waals surface area contributed by atoms with Crippen LogP contribution in [0.5, 0.6) is 0 Å². The molecule has 0 unspecified atom stereocenters. The number of benzene rings is 1. The average molecular weight is 337 g/mol. The quantitative estimate of drug-likeness (QED) is 0.827. The summed E-state index contributed by atoms with van der Waals surface area (Å²) in [5.74, 6) is -1.04. The van der Waals surface area contributed by atoms with Gasteiger partial charge in [-0.3, -0.25) is 4.79 Å². The third-order valence-corrected chi connectivity index (χ3v) is 3.33. The molecule has 0 spiro atoms. The first-order valence-corrected chi connectivity index (χ1v) is 5.80. The van der Waals surface area contributed by atoms with Crippen LogP contribution in [0.3, 0.4) is 0 Å². The molecule has 0 amide bonds. The third-order valence-electron chi connectivity index (χ3n) is 2.32. The summed E-state index contributed by atoms with van der Waals surface area (Å²) >= 11 is 2.03. The van der Waals surface area contributed by atoms with Crippen molar-refractivity contribution in [3.8, 4) is 0 Å². The van der Waals surface area contributed by atoms with E-state index in [0.717, 1.165) is 9.13 Å². The van der Waals surface area contributed by atoms with E-state index in [1.165, 1.54) is 6.92 Å². The molecule has 0 radical (unpaired) electrons. The largest absolute Gasteiger partial charge is 0.480 e. The Hall–Kier alpha value is -0.690. The molecular weight excluding hydrogens is 324 g/mol. The Morgan fingerprint density at radius 1 is 1.62 bits per heavy atom. The van der Waals surface area contributed by atoms with Crippen molar-refractivity contribution < 1.29 is 14.3 Å². The highest BCUT2D eigenvalue weighted by Crippen LogP contribution is 2.18. The predicted octanol–water partition coefficient (Wildman–Crippen LogP) is 2.11. The Bertz CT molecular complexity index is 407. The van der Waals surface area contributed by atoms with Crippen LogP contribution in [-0.4, -0.2) is 16.6 Å². The van der Waals surface area contributed by atoms with E-state index in [2.05, 4.69) is 0 Å². The monoisotopic (exact) mass is 337 g/mol. The van der Waals surface area contributed by atoms with E-state index < -0.39 is 18.2 Å². The first-order valence-electron chi connectivity index (χ1n) is 4.72. The van der Waals surface area contributed by atoms with Crippen molar-refractivity contribution in [2.24, 2.45) is 5.73 Å². The average Bonchev–Trinajstić information content (AvgIpc) is 2.17. The van der Waals surface area contributed by atoms with Gasteiger partial charge in [0, 0.05) is 9.99 Å². The summed E-state index contributed by atoms with van der Waals surface area (Å²) in [5.41, 5.74) is 5.75. The minimum Gasteiger partial charge on any atom is -0.480 e. The summed E-state index contributed by atoms with van der Waals surface area (Å²) in [5, 5.41) is 8.89. The second kappa shape index (κ2) is 5.09. The molecule has 88 valence electrons. The molecule has 0 aliphatic heterocycles. The number of aliphatic carboxylic acids is 1. The highest BCUT2D eigenvalue weighted by atomic mass is 127. The Labute approximate surface area is 107 Å². The molecular formula is C11H13FINO2. The molecule has 0 aliphatic carbocycles. The van der Waals surface area contributed by atoms with E-state index in [9.17, 15) is 9.18 Å². The molecule has 1 aromatic rings. The van der Waals surface area contributed by atoms with Crippen LogP contribution in [0.15, 0.2) is 18.2 Å². The number of hydrogen-bond donors (Lipinski definition) is 2. The predicted molar refractivity (Wildman–Crippen MR) is 67.9 cm³/mol. The number of alkyl halides is 1. The molecule has 3 nitrogen and oxygen atoms in total. The molecule has 1 rings (SSSR count). The van der Waals surface area contributed by atoms with Crippen LogP contribution in [0.2, 0.25) is 0 Å². The van der Waals surface area contributed by atoms with Gasteiger partial charge in [-0.2, -0.15) is 0 Å². The molecule has 3 N–H and O–H groups in total. The van der Waals surface area contributed by atoms with Gasteiger partial charge < -0.3 is 10.8 Å². The highest BCUT2D eigenvalue weighted by molar-refractivity contribution is 14.1. The van der Waals surface area contributed by atoms with Gasteiger partial charge in [0.15, 0.2) is 0 Å². The van der Waals surface area contributed by atoms with Gasteiger partial charge >= 0.3 is 5.97 Å². The van der Waals surface area contributed by atoms with Crippen molar-refractivity contribution in [2.75, 3.05) is 0 Å². The van der Waals surface area contributed by atoms with E-state index in [4.69, 9.17) is 10.8 Å². The normalized spacial score (nSPS) is 14.5. The zero-order valence-corrected chi connectivity index (χ0v) is 11.0. The van der Waals surface area contributed by atoms with Crippen LogP contribution >= 0.6 is 22.6 Å². The number of hydrogen-bond acceptors (Lipinski definition) is 2. The number of carbonyl (C=O) groups is 1. The fourth-order valence-electron chi connectivity index (χ4n) is 1.31. The molecule has 0 saturated carbocycles. The smallest absolute Gasteiger partial charge is 0.323 e. The van der Waals surface area contributed by atoms with Crippen LogP contribution in [-0.2, 0) is 17.9 Å². The molecule has 0 bridgehead atoms. The first kappa shape index (κ1) is 13.4. The van der Waals surface area contributed by atoms with Gasteiger partial charge in [0.05, 0.1) is 0 Å². The summed E-state index contributed by atoms with van der Waals surface area (Å²) < 4.78 is 13.3. The standard InChI is InChI=1S/C11H13FINO2/c1-11(14,10(15)16)5-7-2-3-8(6-12)9(13)4-7/h2-4H,5-6,14H2,1H3,(H,15,16)/t11-/m0/s1. The van der Waals surface area contributed by atoms with E-state index in [0.29, 0.717) is 5.56 Å². The van der Waals surface area contributed by atoms with Crippen LogP contribution in [0.25, 0.3) is 0 Å². The second-order valence-electron chi connectivity index (χ2n) is 3.96. The van der Waals surface area contributed by atoms with Crippen molar-refractivity contribution >= 4 is 28.6 Å². The maximum Gasteiger partial charge on any atom is 0.323 e. The molecule has 0 saturated heterocycles. The van der Waals surface area contributed by atoms with E-state index in [1.54, 1.807) is 18.2 Å². The van der Waals surface area contributed by atoms with Crippen molar-refractivity contribution in [1.82, 2.24) is 0 Å². The Morgan fingerprint density at radius 3 is 2.69 bits per heavy atom. The fourth-order valence-corrected chi connectivity index (χ4v) is 2.03. The third kappa shape index (κ3) is 3.15. The maximum atomic E-state index is 12.5. The zero-order chi connectivity index (χ0) is 12.3. The van der Waals surface area contributed by atoms with Crippen LogP contribution in [0, 0.1) is 3.57 Å². The van der Waals surface area contributed by atoms with Crippen LogP contribution < -0.4 is 5.73 Å². The molecule has 0 heterocycles. The van der Waals surface area contributed by atoms with E-state index in [1.807, 2.05) is 22.6 Å². The van der Waals surface area contributed by atoms with Crippen LogP contribution in [0.1, 0.15) is 18.1 Å². The van der Waals surface area contributed by atoms with Crippen molar-refractivity contribution in [3.05, 3.63) is 32.9 Å². The Balaban J connectivity index is 2.91. The molecule has 0 aliphatic rings. The Kier molecular flexibility index (Phi) is 4.26. The van der Waals surface area contributed by atoms with Crippen molar-refractivity contribution in [1.29, 1.82) is 0 Å². The van der Waals surface area contributed by atoms with Gasteiger partial charge in [-0.15, -0.1) is 0 Å². The lowest BCUT2D eigenvalue weighted by atomic mass is 9.94. The summed E-state index contributed by atoms with van der Waals surface area (Å²) in [4.78, 5) is 10.8.